The summed E-state index contributed by atoms with van der Waals surface area (Å²) in [6.07, 6.45) is 1.02. The lowest BCUT2D eigenvalue weighted by atomic mass is 10.1. The van der Waals surface area contributed by atoms with Crippen LogP contribution in [0.5, 0.6) is 5.75 Å². The van der Waals surface area contributed by atoms with Crippen LogP contribution in [0.2, 0.25) is 5.02 Å². The summed E-state index contributed by atoms with van der Waals surface area (Å²) in [6.45, 7) is 6.67. The Kier molecular flexibility index (Phi) is 9.35. The van der Waals surface area contributed by atoms with E-state index in [1.54, 1.807) is 44.2 Å². The Balaban J connectivity index is 2.42. The number of ether oxygens (including phenoxy) is 1. The minimum atomic E-state index is -3.82. The number of carbonyl (C=O) groups excluding carboxylic acids is 2. The summed E-state index contributed by atoms with van der Waals surface area (Å²) in [5.41, 5.74) is 1.79. The molecule has 0 aliphatic heterocycles. The van der Waals surface area contributed by atoms with E-state index in [0.717, 1.165) is 21.7 Å². The molecule has 2 amide bonds. The van der Waals surface area contributed by atoms with Gasteiger partial charge in [-0.25, -0.2) is 8.42 Å². The summed E-state index contributed by atoms with van der Waals surface area (Å²) in [7, 11) is -2.28. The topological polar surface area (TPSA) is 96.0 Å². The molecule has 2 rings (SSSR count). The molecule has 0 heterocycles. The summed E-state index contributed by atoms with van der Waals surface area (Å²) in [6, 6.07) is 11.0. The zero-order chi connectivity index (χ0) is 25.6. The van der Waals surface area contributed by atoms with Crippen molar-refractivity contribution in [2.24, 2.45) is 0 Å². The second-order valence-electron chi connectivity index (χ2n) is 8.42. The molecule has 0 radical (unpaired) electrons. The molecule has 0 fully saturated rings. The van der Waals surface area contributed by atoms with Crippen LogP contribution < -0.4 is 14.4 Å². The molecule has 2 aromatic rings. The number of methoxy groups -OCH3 is 1. The maximum Gasteiger partial charge on any atom is 0.244 e. The van der Waals surface area contributed by atoms with Gasteiger partial charge in [-0.2, -0.15) is 0 Å². The molecule has 0 aliphatic carbocycles. The van der Waals surface area contributed by atoms with Crippen LogP contribution in [0.25, 0.3) is 0 Å². The van der Waals surface area contributed by atoms with Gasteiger partial charge in [-0.05, 0) is 63.1 Å². The highest BCUT2D eigenvalue weighted by molar-refractivity contribution is 7.92. The Morgan fingerprint density at radius 1 is 1.12 bits per heavy atom. The van der Waals surface area contributed by atoms with Gasteiger partial charge in [0.2, 0.25) is 21.8 Å². The zero-order valence-electron chi connectivity index (χ0n) is 20.3. The number of nitrogens with zero attached hydrogens (tertiary/aromatic N) is 2. The van der Waals surface area contributed by atoms with Crippen molar-refractivity contribution in [3.63, 3.8) is 0 Å². The van der Waals surface area contributed by atoms with Gasteiger partial charge in [0, 0.05) is 17.6 Å². The fourth-order valence-corrected chi connectivity index (χ4v) is 4.32. The van der Waals surface area contributed by atoms with Crippen LogP contribution in [-0.2, 0) is 26.2 Å². The number of aryl methyl sites for hydroxylation is 1. The summed E-state index contributed by atoms with van der Waals surface area (Å²) >= 11 is 6.20. The molecule has 0 saturated carbocycles. The average molecular weight is 510 g/mol. The Bertz CT molecular complexity index is 1140. The highest BCUT2D eigenvalue weighted by atomic mass is 35.5. The Morgan fingerprint density at radius 3 is 2.35 bits per heavy atom. The van der Waals surface area contributed by atoms with E-state index in [2.05, 4.69) is 5.32 Å². The molecule has 8 nitrogen and oxygen atoms in total. The van der Waals surface area contributed by atoms with Crippen LogP contribution in [0.4, 0.5) is 5.69 Å². The molecule has 0 spiro atoms. The van der Waals surface area contributed by atoms with Gasteiger partial charge in [0.1, 0.15) is 18.3 Å². The first-order valence-corrected chi connectivity index (χ1v) is 13.0. The maximum atomic E-state index is 13.5. The second-order valence-corrected chi connectivity index (χ2v) is 10.7. The van der Waals surface area contributed by atoms with E-state index in [4.69, 9.17) is 16.3 Å². The molecular formula is C24H32ClN3O5S. The maximum absolute atomic E-state index is 13.5. The summed E-state index contributed by atoms with van der Waals surface area (Å²) in [5, 5.41) is 3.19. The lowest BCUT2D eigenvalue weighted by Crippen LogP contribution is -2.52. The van der Waals surface area contributed by atoms with Crippen molar-refractivity contribution < 1.29 is 22.7 Å². The number of carbonyl (C=O) groups is 2. The first kappa shape index (κ1) is 27.5. The predicted octanol–water partition coefficient (Wildman–Crippen LogP) is 3.36. The summed E-state index contributed by atoms with van der Waals surface area (Å²) in [4.78, 5) is 27.6. The summed E-state index contributed by atoms with van der Waals surface area (Å²) < 4.78 is 31.4. The van der Waals surface area contributed by atoms with Crippen LogP contribution in [0.3, 0.4) is 0 Å². The van der Waals surface area contributed by atoms with E-state index in [1.165, 1.54) is 18.1 Å². The molecule has 2 aromatic carbocycles. The van der Waals surface area contributed by atoms with Crippen molar-refractivity contribution in [3.8, 4) is 5.75 Å². The number of sulfonamides is 1. The van der Waals surface area contributed by atoms with Crippen molar-refractivity contribution in [3.05, 3.63) is 58.6 Å². The second kappa shape index (κ2) is 11.6. The van der Waals surface area contributed by atoms with Crippen LogP contribution >= 0.6 is 11.6 Å². The minimum absolute atomic E-state index is 0.0922. The molecule has 1 atom stereocenters. The molecule has 0 saturated heterocycles. The predicted molar refractivity (Wildman–Crippen MR) is 135 cm³/mol. The molecule has 0 aliphatic rings. The number of anilines is 1. The van der Waals surface area contributed by atoms with Gasteiger partial charge >= 0.3 is 0 Å². The largest absolute Gasteiger partial charge is 0.497 e. The minimum Gasteiger partial charge on any atom is -0.497 e. The molecule has 10 heteroatoms. The van der Waals surface area contributed by atoms with E-state index in [-0.39, 0.29) is 24.2 Å². The standard InChI is InChI=1S/C24H32ClN3O5S/c1-16(2)26-24(30)18(4)27(14-19-8-7-9-21(12-19)33-5)23(29)15-28(34(6,31)32)20-11-10-17(3)22(25)13-20/h7-13,16,18H,14-15H2,1-6H3,(H,26,30). The number of rotatable bonds is 10. The number of benzene rings is 2. The fourth-order valence-electron chi connectivity index (χ4n) is 3.31. The van der Waals surface area contributed by atoms with Crippen molar-refractivity contribution in [1.82, 2.24) is 10.2 Å². The molecule has 186 valence electrons. The van der Waals surface area contributed by atoms with E-state index >= 15 is 0 Å². The third-order valence-corrected chi connectivity index (χ3v) is 6.76. The van der Waals surface area contributed by atoms with Gasteiger partial charge in [-0.3, -0.25) is 13.9 Å². The Morgan fingerprint density at radius 2 is 1.79 bits per heavy atom. The SMILES string of the molecule is COc1cccc(CN(C(=O)CN(c2ccc(C)c(Cl)c2)S(C)(=O)=O)C(C)C(=O)NC(C)C)c1. The number of halogens is 1. The van der Waals surface area contributed by atoms with Crippen molar-refractivity contribution in [2.75, 3.05) is 24.2 Å². The average Bonchev–Trinajstić information content (AvgIpc) is 2.76. The first-order chi connectivity index (χ1) is 15.8. The third kappa shape index (κ3) is 7.36. The van der Waals surface area contributed by atoms with Crippen LogP contribution in [0.15, 0.2) is 42.5 Å². The normalized spacial score (nSPS) is 12.2. The van der Waals surface area contributed by atoms with E-state index in [9.17, 15) is 18.0 Å². The van der Waals surface area contributed by atoms with Gasteiger partial charge in [0.25, 0.3) is 0 Å². The van der Waals surface area contributed by atoms with E-state index in [0.29, 0.717) is 10.8 Å². The van der Waals surface area contributed by atoms with E-state index < -0.39 is 28.5 Å². The number of hydrogen-bond donors (Lipinski definition) is 1. The molecular weight excluding hydrogens is 478 g/mol. The highest BCUT2D eigenvalue weighted by Gasteiger charge is 2.30. The molecule has 1 N–H and O–H groups in total. The monoisotopic (exact) mass is 509 g/mol. The lowest BCUT2D eigenvalue weighted by molar-refractivity contribution is -0.139. The fraction of sp³-hybridized carbons (Fsp3) is 0.417. The molecule has 0 bridgehead atoms. The van der Waals surface area contributed by atoms with Gasteiger partial charge in [0.05, 0.1) is 19.1 Å². The Hall–Kier alpha value is -2.78. The first-order valence-electron chi connectivity index (χ1n) is 10.8. The quantitative estimate of drug-likeness (QED) is 0.529. The number of amides is 2. The van der Waals surface area contributed by atoms with Crippen LogP contribution in [0.1, 0.15) is 31.9 Å². The van der Waals surface area contributed by atoms with Gasteiger partial charge in [-0.15, -0.1) is 0 Å². The van der Waals surface area contributed by atoms with Crippen molar-refractivity contribution in [2.45, 2.75) is 46.3 Å². The number of hydrogen-bond acceptors (Lipinski definition) is 5. The lowest BCUT2D eigenvalue weighted by Gasteiger charge is -2.32. The van der Waals surface area contributed by atoms with Crippen LogP contribution in [0, 0.1) is 6.92 Å². The highest BCUT2D eigenvalue weighted by Crippen LogP contribution is 2.25. The summed E-state index contributed by atoms with van der Waals surface area (Å²) in [5.74, 6) is -0.261. The van der Waals surface area contributed by atoms with Crippen LogP contribution in [-0.4, -0.2) is 57.1 Å². The van der Waals surface area contributed by atoms with Gasteiger partial charge in [-0.1, -0.05) is 29.8 Å². The third-order valence-electron chi connectivity index (χ3n) is 5.21. The molecule has 0 aromatic heterocycles. The van der Waals surface area contributed by atoms with Crippen molar-refractivity contribution >= 4 is 39.1 Å². The number of nitrogens with one attached hydrogen (secondary N) is 1. The molecule has 34 heavy (non-hydrogen) atoms. The zero-order valence-corrected chi connectivity index (χ0v) is 21.9. The van der Waals surface area contributed by atoms with Crippen molar-refractivity contribution in [1.29, 1.82) is 0 Å². The smallest absolute Gasteiger partial charge is 0.244 e. The van der Waals surface area contributed by atoms with E-state index in [1.807, 2.05) is 19.9 Å². The molecule has 1 unspecified atom stereocenters. The Labute approximate surface area is 206 Å². The van der Waals surface area contributed by atoms with Gasteiger partial charge in [0.15, 0.2) is 0 Å². The van der Waals surface area contributed by atoms with Gasteiger partial charge < -0.3 is 15.0 Å².